The van der Waals surface area contributed by atoms with Crippen molar-refractivity contribution in [2.75, 3.05) is 6.54 Å². The lowest BCUT2D eigenvalue weighted by Gasteiger charge is -2.34. The number of hydrogen-bond acceptors (Lipinski definition) is 1. The van der Waals surface area contributed by atoms with Gasteiger partial charge in [0.1, 0.15) is 0 Å². The van der Waals surface area contributed by atoms with E-state index in [1.165, 1.54) is 19.4 Å². The van der Waals surface area contributed by atoms with Gasteiger partial charge in [-0.1, -0.05) is 20.8 Å². The molecule has 0 bridgehead atoms. The lowest BCUT2D eigenvalue weighted by Crippen LogP contribution is -2.47. The highest BCUT2D eigenvalue weighted by molar-refractivity contribution is 4.82. The smallest absolute Gasteiger partial charge is 0.0105 e. The SMILES string of the molecule is CC(C)CC(C)C1CCN1. The van der Waals surface area contributed by atoms with Crippen LogP contribution >= 0.6 is 0 Å². The molecule has 1 N–H and O–H groups in total. The summed E-state index contributed by atoms with van der Waals surface area (Å²) in [6, 6.07) is 0.836. The van der Waals surface area contributed by atoms with Gasteiger partial charge in [0.2, 0.25) is 0 Å². The Morgan fingerprint density at radius 2 is 2.00 bits per heavy atom. The van der Waals surface area contributed by atoms with Crippen molar-refractivity contribution in [1.82, 2.24) is 5.32 Å². The predicted octanol–water partition coefficient (Wildman–Crippen LogP) is 2.03. The van der Waals surface area contributed by atoms with E-state index in [2.05, 4.69) is 26.1 Å². The van der Waals surface area contributed by atoms with Crippen LogP contribution in [0.2, 0.25) is 0 Å². The molecule has 2 unspecified atom stereocenters. The molecule has 60 valence electrons. The minimum Gasteiger partial charge on any atom is -0.314 e. The molecule has 1 nitrogen and oxygen atoms in total. The second-order valence-corrected chi connectivity index (χ2v) is 3.96. The summed E-state index contributed by atoms with van der Waals surface area (Å²) < 4.78 is 0. The molecule has 1 fully saturated rings. The van der Waals surface area contributed by atoms with Gasteiger partial charge in [-0.05, 0) is 31.2 Å². The van der Waals surface area contributed by atoms with Gasteiger partial charge in [0.25, 0.3) is 0 Å². The van der Waals surface area contributed by atoms with Gasteiger partial charge in [-0.15, -0.1) is 0 Å². The molecule has 1 saturated heterocycles. The predicted molar refractivity (Wildman–Crippen MR) is 45.0 cm³/mol. The molecule has 0 radical (unpaired) electrons. The van der Waals surface area contributed by atoms with Gasteiger partial charge in [-0.25, -0.2) is 0 Å². The zero-order valence-corrected chi connectivity index (χ0v) is 7.35. The van der Waals surface area contributed by atoms with E-state index >= 15 is 0 Å². The van der Waals surface area contributed by atoms with Crippen LogP contribution in [0.15, 0.2) is 0 Å². The van der Waals surface area contributed by atoms with E-state index < -0.39 is 0 Å². The maximum Gasteiger partial charge on any atom is 0.0105 e. The second kappa shape index (κ2) is 3.38. The standard InChI is InChI=1S/C9H19N/c1-7(2)6-8(3)9-4-5-10-9/h7-10H,4-6H2,1-3H3. The van der Waals surface area contributed by atoms with Crippen molar-refractivity contribution >= 4 is 0 Å². The van der Waals surface area contributed by atoms with Gasteiger partial charge in [0.15, 0.2) is 0 Å². The van der Waals surface area contributed by atoms with Crippen molar-refractivity contribution < 1.29 is 0 Å². The minimum absolute atomic E-state index is 0.836. The van der Waals surface area contributed by atoms with Crippen molar-refractivity contribution in [2.45, 2.75) is 39.7 Å². The highest BCUT2D eigenvalue weighted by Crippen LogP contribution is 2.20. The van der Waals surface area contributed by atoms with E-state index in [1.807, 2.05) is 0 Å². The first-order valence-electron chi connectivity index (χ1n) is 4.43. The molecule has 1 rings (SSSR count). The van der Waals surface area contributed by atoms with E-state index in [0.29, 0.717) is 0 Å². The summed E-state index contributed by atoms with van der Waals surface area (Å²) in [5.74, 6) is 1.74. The molecule has 0 aromatic carbocycles. The highest BCUT2D eigenvalue weighted by atomic mass is 15.0. The summed E-state index contributed by atoms with van der Waals surface area (Å²) in [4.78, 5) is 0. The highest BCUT2D eigenvalue weighted by Gasteiger charge is 2.22. The third-order valence-electron chi connectivity index (χ3n) is 2.39. The van der Waals surface area contributed by atoms with Crippen LogP contribution in [0.25, 0.3) is 0 Å². The fourth-order valence-electron chi connectivity index (χ4n) is 1.70. The zero-order valence-electron chi connectivity index (χ0n) is 7.35. The molecule has 0 aromatic heterocycles. The van der Waals surface area contributed by atoms with Crippen molar-refractivity contribution in [1.29, 1.82) is 0 Å². The molecule has 10 heavy (non-hydrogen) atoms. The molecule has 1 heterocycles. The molecule has 2 atom stereocenters. The molecule has 0 spiro atoms. The Morgan fingerprint density at radius 1 is 1.40 bits per heavy atom. The quantitative estimate of drug-likeness (QED) is 0.634. The van der Waals surface area contributed by atoms with Crippen LogP contribution in [-0.4, -0.2) is 12.6 Å². The number of rotatable bonds is 3. The Kier molecular flexibility index (Phi) is 2.72. The molecule has 0 aliphatic carbocycles. The lowest BCUT2D eigenvalue weighted by molar-refractivity contribution is 0.245. The average Bonchev–Trinajstić information content (AvgIpc) is 1.55. The molecule has 0 saturated carbocycles. The number of nitrogens with one attached hydrogen (secondary N) is 1. The maximum absolute atomic E-state index is 3.45. The van der Waals surface area contributed by atoms with Crippen molar-refractivity contribution in [3.8, 4) is 0 Å². The van der Waals surface area contributed by atoms with Crippen LogP contribution in [0, 0.1) is 11.8 Å². The second-order valence-electron chi connectivity index (χ2n) is 3.96. The van der Waals surface area contributed by atoms with Crippen LogP contribution in [0.5, 0.6) is 0 Å². The largest absolute Gasteiger partial charge is 0.314 e. The van der Waals surface area contributed by atoms with Gasteiger partial charge >= 0.3 is 0 Å². The molecule has 0 aromatic rings. The first-order chi connectivity index (χ1) is 4.70. The van der Waals surface area contributed by atoms with E-state index in [0.717, 1.165) is 17.9 Å². The monoisotopic (exact) mass is 141 g/mol. The Hall–Kier alpha value is -0.0400. The van der Waals surface area contributed by atoms with Gasteiger partial charge in [0.05, 0.1) is 0 Å². The Labute approximate surface area is 64.2 Å². The molecular weight excluding hydrogens is 122 g/mol. The van der Waals surface area contributed by atoms with Crippen LogP contribution in [0.4, 0.5) is 0 Å². The van der Waals surface area contributed by atoms with Gasteiger partial charge in [-0.2, -0.15) is 0 Å². The van der Waals surface area contributed by atoms with Gasteiger partial charge in [0, 0.05) is 6.04 Å². The van der Waals surface area contributed by atoms with Crippen molar-refractivity contribution in [3.63, 3.8) is 0 Å². The fourth-order valence-corrected chi connectivity index (χ4v) is 1.70. The normalized spacial score (nSPS) is 28.2. The van der Waals surface area contributed by atoms with Crippen LogP contribution in [0.3, 0.4) is 0 Å². The summed E-state index contributed by atoms with van der Waals surface area (Å²) in [5.41, 5.74) is 0. The van der Waals surface area contributed by atoms with Crippen molar-refractivity contribution in [2.24, 2.45) is 11.8 Å². The topological polar surface area (TPSA) is 12.0 Å². The third kappa shape index (κ3) is 1.98. The molecule has 1 aliphatic heterocycles. The summed E-state index contributed by atoms with van der Waals surface area (Å²) >= 11 is 0. The average molecular weight is 141 g/mol. The third-order valence-corrected chi connectivity index (χ3v) is 2.39. The maximum atomic E-state index is 3.45. The molecular formula is C9H19N. The summed E-state index contributed by atoms with van der Waals surface area (Å²) in [5, 5.41) is 3.45. The van der Waals surface area contributed by atoms with E-state index in [4.69, 9.17) is 0 Å². The van der Waals surface area contributed by atoms with E-state index in [1.54, 1.807) is 0 Å². The lowest BCUT2D eigenvalue weighted by atomic mass is 9.87. The first kappa shape index (κ1) is 8.06. The summed E-state index contributed by atoms with van der Waals surface area (Å²) in [6.07, 6.45) is 2.77. The zero-order chi connectivity index (χ0) is 7.56. The van der Waals surface area contributed by atoms with Crippen molar-refractivity contribution in [3.05, 3.63) is 0 Å². The molecule has 1 aliphatic rings. The molecule has 0 amide bonds. The van der Waals surface area contributed by atoms with Gasteiger partial charge < -0.3 is 5.32 Å². The summed E-state index contributed by atoms with van der Waals surface area (Å²) in [7, 11) is 0. The molecule has 1 heteroatoms. The van der Waals surface area contributed by atoms with E-state index in [-0.39, 0.29) is 0 Å². The van der Waals surface area contributed by atoms with Crippen LogP contribution < -0.4 is 5.32 Å². The van der Waals surface area contributed by atoms with Gasteiger partial charge in [-0.3, -0.25) is 0 Å². The minimum atomic E-state index is 0.836. The Balaban J connectivity index is 2.13. The Bertz CT molecular complexity index is 94.9. The number of hydrogen-bond donors (Lipinski definition) is 1. The van der Waals surface area contributed by atoms with Crippen LogP contribution in [-0.2, 0) is 0 Å². The van der Waals surface area contributed by atoms with E-state index in [9.17, 15) is 0 Å². The fraction of sp³-hybridized carbons (Fsp3) is 1.00. The first-order valence-corrected chi connectivity index (χ1v) is 4.43. The van der Waals surface area contributed by atoms with Crippen LogP contribution in [0.1, 0.15) is 33.6 Å². The summed E-state index contributed by atoms with van der Waals surface area (Å²) in [6.45, 7) is 8.20. The Morgan fingerprint density at radius 3 is 2.30 bits per heavy atom.